The quantitative estimate of drug-likeness (QED) is 0.768. The van der Waals surface area contributed by atoms with Gasteiger partial charge in [0, 0.05) is 12.3 Å². The molecule has 2 nitrogen and oxygen atoms in total. The second-order valence-corrected chi connectivity index (χ2v) is 3.54. The molecule has 0 spiro atoms. The van der Waals surface area contributed by atoms with Crippen molar-refractivity contribution in [1.29, 1.82) is 0 Å². The first-order valence-electron chi connectivity index (χ1n) is 4.78. The van der Waals surface area contributed by atoms with Crippen LogP contribution in [0.5, 0.6) is 0 Å². The molecule has 0 saturated heterocycles. The third-order valence-corrected chi connectivity index (χ3v) is 2.28. The molecule has 0 unspecified atom stereocenters. The Bertz CT molecular complexity index is 342. The van der Waals surface area contributed by atoms with E-state index in [1.54, 1.807) is 0 Å². The Morgan fingerprint density at radius 1 is 1.43 bits per heavy atom. The van der Waals surface area contributed by atoms with Crippen LogP contribution in [0, 0.1) is 6.92 Å². The van der Waals surface area contributed by atoms with Crippen molar-refractivity contribution in [3.63, 3.8) is 0 Å². The van der Waals surface area contributed by atoms with Gasteiger partial charge in [-0.2, -0.15) is 0 Å². The fourth-order valence-corrected chi connectivity index (χ4v) is 1.36. The number of hydrogen-bond donors (Lipinski definition) is 2. The molecule has 14 heavy (non-hydrogen) atoms. The minimum Gasteiger partial charge on any atom is -0.398 e. The molecule has 0 atom stereocenters. The predicted molar refractivity (Wildman–Crippen MR) is 59.7 cm³/mol. The van der Waals surface area contributed by atoms with Gasteiger partial charge in [0.2, 0.25) is 0 Å². The second kappa shape index (κ2) is 4.82. The molecule has 0 aliphatic carbocycles. The summed E-state index contributed by atoms with van der Waals surface area (Å²) >= 11 is 0. The van der Waals surface area contributed by atoms with E-state index in [-0.39, 0.29) is 6.61 Å². The lowest BCUT2D eigenvalue weighted by atomic mass is 10.0. The fraction of sp³-hybridized carbons (Fsp3) is 0.333. The van der Waals surface area contributed by atoms with Crippen molar-refractivity contribution in [2.24, 2.45) is 5.73 Å². The average molecular weight is 191 g/mol. The Labute approximate surface area is 85.1 Å². The molecule has 0 heterocycles. The molecule has 0 amide bonds. The van der Waals surface area contributed by atoms with E-state index in [9.17, 15) is 0 Å². The average Bonchev–Trinajstić information content (AvgIpc) is 2.17. The maximum Gasteiger partial charge on any atom is 0.0468 e. The van der Waals surface area contributed by atoms with Crippen molar-refractivity contribution in [1.82, 2.24) is 0 Å². The van der Waals surface area contributed by atoms with E-state index in [2.05, 4.69) is 6.07 Å². The van der Waals surface area contributed by atoms with Crippen LogP contribution in [0.3, 0.4) is 0 Å². The van der Waals surface area contributed by atoms with E-state index in [0.717, 1.165) is 16.8 Å². The first-order valence-corrected chi connectivity index (χ1v) is 4.78. The van der Waals surface area contributed by atoms with E-state index < -0.39 is 0 Å². The van der Waals surface area contributed by atoms with Crippen molar-refractivity contribution in [2.45, 2.75) is 20.3 Å². The van der Waals surface area contributed by atoms with Crippen LogP contribution >= 0.6 is 0 Å². The zero-order valence-electron chi connectivity index (χ0n) is 8.75. The van der Waals surface area contributed by atoms with Gasteiger partial charge in [-0.25, -0.2) is 0 Å². The van der Waals surface area contributed by atoms with Gasteiger partial charge in [-0.1, -0.05) is 23.8 Å². The Hall–Kier alpha value is -1.28. The van der Waals surface area contributed by atoms with Crippen LogP contribution < -0.4 is 5.73 Å². The molecule has 0 bridgehead atoms. The zero-order valence-corrected chi connectivity index (χ0v) is 8.75. The highest BCUT2D eigenvalue weighted by Crippen LogP contribution is 2.16. The molecule has 0 aliphatic rings. The Morgan fingerprint density at radius 2 is 2.14 bits per heavy atom. The summed E-state index contributed by atoms with van der Waals surface area (Å²) < 4.78 is 0. The SMILES string of the molecule is C/C(CCO)=C(\N)c1cccc(C)c1. The van der Waals surface area contributed by atoms with Gasteiger partial charge in [-0.15, -0.1) is 0 Å². The highest BCUT2D eigenvalue weighted by Gasteiger charge is 2.00. The van der Waals surface area contributed by atoms with Crippen LogP contribution in [0.1, 0.15) is 24.5 Å². The maximum absolute atomic E-state index is 8.80. The Morgan fingerprint density at radius 3 is 2.71 bits per heavy atom. The van der Waals surface area contributed by atoms with E-state index in [1.165, 1.54) is 5.56 Å². The second-order valence-electron chi connectivity index (χ2n) is 3.54. The normalized spacial score (nSPS) is 12.5. The molecule has 1 rings (SSSR count). The number of hydrogen-bond acceptors (Lipinski definition) is 2. The van der Waals surface area contributed by atoms with E-state index >= 15 is 0 Å². The summed E-state index contributed by atoms with van der Waals surface area (Å²) in [5.74, 6) is 0. The monoisotopic (exact) mass is 191 g/mol. The lowest BCUT2D eigenvalue weighted by Gasteiger charge is -2.07. The number of aliphatic hydroxyl groups excluding tert-OH is 1. The largest absolute Gasteiger partial charge is 0.398 e. The highest BCUT2D eigenvalue weighted by molar-refractivity contribution is 5.65. The van der Waals surface area contributed by atoms with Crippen LogP contribution in [0.15, 0.2) is 29.8 Å². The number of nitrogens with two attached hydrogens (primary N) is 1. The Kier molecular flexibility index (Phi) is 3.72. The summed E-state index contributed by atoms with van der Waals surface area (Å²) in [4.78, 5) is 0. The highest BCUT2D eigenvalue weighted by atomic mass is 16.2. The van der Waals surface area contributed by atoms with Gasteiger partial charge in [0.05, 0.1) is 0 Å². The van der Waals surface area contributed by atoms with Gasteiger partial charge in [-0.05, 0) is 37.5 Å². The number of aliphatic hydroxyl groups is 1. The maximum atomic E-state index is 8.80. The molecule has 1 aromatic carbocycles. The van der Waals surface area contributed by atoms with Crippen molar-refractivity contribution in [3.8, 4) is 0 Å². The molecule has 0 aliphatic heterocycles. The molecule has 0 radical (unpaired) electrons. The van der Waals surface area contributed by atoms with E-state index in [4.69, 9.17) is 10.8 Å². The van der Waals surface area contributed by atoms with Gasteiger partial charge in [0.15, 0.2) is 0 Å². The van der Waals surface area contributed by atoms with Crippen LogP contribution in [-0.4, -0.2) is 11.7 Å². The smallest absolute Gasteiger partial charge is 0.0468 e. The summed E-state index contributed by atoms with van der Waals surface area (Å²) in [7, 11) is 0. The lowest BCUT2D eigenvalue weighted by Crippen LogP contribution is -2.01. The minimum absolute atomic E-state index is 0.151. The van der Waals surface area contributed by atoms with E-state index in [0.29, 0.717) is 6.42 Å². The number of benzene rings is 1. The lowest BCUT2D eigenvalue weighted by molar-refractivity contribution is 0.299. The molecule has 2 heteroatoms. The van der Waals surface area contributed by atoms with Crippen molar-refractivity contribution >= 4 is 5.70 Å². The predicted octanol–water partition coefficient (Wildman–Crippen LogP) is 2.07. The molecule has 0 fully saturated rings. The standard InChI is InChI=1S/C12H17NO/c1-9-4-3-5-11(8-9)12(13)10(2)6-7-14/h3-5,8,14H,6-7,13H2,1-2H3/b12-10+. The summed E-state index contributed by atoms with van der Waals surface area (Å²) in [6, 6.07) is 8.07. The molecular weight excluding hydrogens is 174 g/mol. The van der Waals surface area contributed by atoms with Crippen molar-refractivity contribution in [3.05, 3.63) is 41.0 Å². The van der Waals surface area contributed by atoms with Gasteiger partial charge >= 0.3 is 0 Å². The topological polar surface area (TPSA) is 46.2 Å². The van der Waals surface area contributed by atoms with Crippen LogP contribution in [0.4, 0.5) is 0 Å². The van der Waals surface area contributed by atoms with Gasteiger partial charge in [0.25, 0.3) is 0 Å². The van der Waals surface area contributed by atoms with Crippen LogP contribution in [-0.2, 0) is 0 Å². The first-order chi connectivity index (χ1) is 6.65. The summed E-state index contributed by atoms with van der Waals surface area (Å²) in [5, 5.41) is 8.80. The fourth-order valence-electron chi connectivity index (χ4n) is 1.36. The molecule has 0 saturated carbocycles. The van der Waals surface area contributed by atoms with Crippen LogP contribution in [0.2, 0.25) is 0 Å². The minimum atomic E-state index is 0.151. The third-order valence-electron chi connectivity index (χ3n) is 2.28. The van der Waals surface area contributed by atoms with Gasteiger partial charge in [-0.3, -0.25) is 0 Å². The number of rotatable bonds is 3. The summed E-state index contributed by atoms with van der Waals surface area (Å²) in [5.41, 5.74) is 10.0. The molecular formula is C12H17NO. The molecule has 0 aromatic heterocycles. The first kappa shape index (κ1) is 10.8. The Balaban J connectivity index is 2.99. The summed E-state index contributed by atoms with van der Waals surface area (Å²) in [6.45, 7) is 4.14. The van der Waals surface area contributed by atoms with E-state index in [1.807, 2.05) is 32.0 Å². The zero-order chi connectivity index (χ0) is 10.6. The molecule has 3 N–H and O–H groups in total. The molecule has 76 valence electrons. The third kappa shape index (κ3) is 2.60. The van der Waals surface area contributed by atoms with Crippen LogP contribution in [0.25, 0.3) is 5.70 Å². The van der Waals surface area contributed by atoms with Gasteiger partial charge in [0.1, 0.15) is 0 Å². The molecule has 1 aromatic rings. The summed E-state index contributed by atoms with van der Waals surface area (Å²) in [6.07, 6.45) is 0.639. The number of aryl methyl sites for hydroxylation is 1. The van der Waals surface area contributed by atoms with Gasteiger partial charge < -0.3 is 10.8 Å². The van der Waals surface area contributed by atoms with Crippen molar-refractivity contribution in [2.75, 3.05) is 6.61 Å². The van der Waals surface area contributed by atoms with Crippen molar-refractivity contribution < 1.29 is 5.11 Å².